The summed E-state index contributed by atoms with van der Waals surface area (Å²) in [5, 5.41) is 5.73. The van der Waals surface area contributed by atoms with Crippen LogP contribution in [0, 0.1) is 13.8 Å². The Labute approximate surface area is 279 Å². The van der Waals surface area contributed by atoms with Crippen LogP contribution in [0.1, 0.15) is 63.0 Å². The van der Waals surface area contributed by atoms with Crippen molar-refractivity contribution in [2.24, 2.45) is 4.99 Å². The maximum atomic E-state index is 13.3. The molecule has 47 heavy (non-hydrogen) atoms. The highest BCUT2D eigenvalue weighted by Crippen LogP contribution is 2.26. The van der Waals surface area contributed by atoms with Crippen molar-refractivity contribution in [2.75, 3.05) is 74.5 Å². The van der Waals surface area contributed by atoms with Crippen molar-refractivity contribution in [1.82, 2.24) is 15.1 Å². The van der Waals surface area contributed by atoms with Gasteiger partial charge in [0.25, 0.3) is 5.91 Å². The topological polar surface area (TPSA) is 119 Å². The number of nitrogens with one attached hydrogen (secondary N) is 2. The van der Waals surface area contributed by atoms with Crippen molar-refractivity contribution in [3.05, 3.63) is 53.1 Å². The normalized spacial score (nSPS) is 16.5. The first-order valence-electron chi connectivity index (χ1n) is 16.3. The molecule has 0 saturated carbocycles. The van der Waals surface area contributed by atoms with Gasteiger partial charge in [-0.15, -0.1) is 4.99 Å². The van der Waals surface area contributed by atoms with Gasteiger partial charge in [-0.25, -0.2) is 9.59 Å². The van der Waals surface area contributed by atoms with Crippen molar-refractivity contribution < 1.29 is 23.9 Å². The van der Waals surface area contributed by atoms with Crippen LogP contribution < -0.4 is 20.4 Å². The average molecular weight is 650 g/mol. The molecule has 0 radical (unpaired) electrons. The van der Waals surface area contributed by atoms with Gasteiger partial charge in [0.15, 0.2) is 0 Å². The molecule has 4 rings (SSSR count). The lowest BCUT2D eigenvalue weighted by Gasteiger charge is -2.37. The van der Waals surface area contributed by atoms with Gasteiger partial charge in [0.05, 0.1) is 0 Å². The standard InChI is InChI=1S/C35H51N7O5/c1-24-22-26(10-12-28(24)30(43)36-29-13-11-27(23-25(29)2)40-16-14-39(9)15-17-40)41-18-20-42(21-19-41)31(37-32(44)46-34(3,4)5)38-33(45)47-35(6,7)8/h10-13,22-23H,14-21H2,1-9H3,(H,36,43)(H,37,38,44,45). The fourth-order valence-electron chi connectivity index (χ4n) is 5.46. The second-order valence-electron chi connectivity index (χ2n) is 14.3. The molecule has 2 aromatic rings. The molecule has 2 aliphatic rings. The Balaban J connectivity index is 1.39. The lowest BCUT2D eigenvalue weighted by molar-refractivity contribution is 0.0554. The van der Waals surface area contributed by atoms with Crippen LogP contribution in [0.3, 0.4) is 0 Å². The predicted molar refractivity (Wildman–Crippen MR) is 187 cm³/mol. The number of rotatable bonds is 4. The molecule has 2 fully saturated rings. The van der Waals surface area contributed by atoms with E-state index in [0.29, 0.717) is 31.7 Å². The number of piperazine rings is 2. The minimum atomic E-state index is -0.795. The molecule has 0 unspecified atom stereocenters. The molecule has 12 nitrogen and oxygen atoms in total. The number of anilines is 3. The first-order valence-corrected chi connectivity index (χ1v) is 16.3. The maximum Gasteiger partial charge on any atom is 0.437 e. The molecular weight excluding hydrogens is 598 g/mol. The van der Waals surface area contributed by atoms with Crippen LogP contribution in [0.2, 0.25) is 0 Å². The van der Waals surface area contributed by atoms with E-state index in [2.05, 4.69) is 49.5 Å². The van der Waals surface area contributed by atoms with Crippen LogP contribution in [-0.4, -0.2) is 104 Å². The Bertz CT molecular complexity index is 1480. The van der Waals surface area contributed by atoms with Gasteiger partial charge in [-0.1, -0.05) is 0 Å². The molecular formula is C35H51N7O5. The van der Waals surface area contributed by atoms with E-state index in [0.717, 1.165) is 48.7 Å². The first-order chi connectivity index (χ1) is 22.0. The minimum absolute atomic E-state index is 0.0863. The molecule has 2 aromatic carbocycles. The highest BCUT2D eigenvalue weighted by atomic mass is 16.6. The third-order valence-electron chi connectivity index (χ3n) is 7.93. The molecule has 256 valence electrons. The third kappa shape index (κ3) is 10.3. The van der Waals surface area contributed by atoms with Gasteiger partial charge < -0.3 is 34.4 Å². The monoisotopic (exact) mass is 649 g/mol. The summed E-state index contributed by atoms with van der Waals surface area (Å²) in [5.41, 5.74) is 4.03. The second-order valence-corrected chi connectivity index (χ2v) is 14.3. The van der Waals surface area contributed by atoms with E-state index >= 15 is 0 Å². The summed E-state index contributed by atoms with van der Waals surface area (Å²) < 4.78 is 10.8. The number of carbonyl (C=O) groups excluding carboxylic acids is 3. The highest BCUT2D eigenvalue weighted by molar-refractivity contribution is 6.06. The van der Waals surface area contributed by atoms with Crippen LogP contribution in [0.4, 0.5) is 26.7 Å². The van der Waals surface area contributed by atoms with E-state index in [4.69, 9.17) is 9.47 Å². The van der Waals surface area contributed by atoms with Crippen molar-refractivity contribution in [3.8, 4) is 0 Å². The van der Waals surface area contributed by atoms with Gasteiger partial charge in [0.1, 0.15) is 11.2 Å². The second kappa shape index (κ2) is 14.6. The number of carbonyl (C=O) groups is 3. The van der Waals surface area contributed by atoms with E-state index in [-0.39, 0.29) is 11.9 Å². The number of ether oxygens (including phenoxy) is 2. The SMILES string of the molecule is Cc1cc(N2CCN(C)CC2)ccc1NC(=O)c1ccc(N2CCN(C(=NC(=O)OC(C)(C)C)NC(=O)OC(C)(C)C)CC2)cc1C. The summed E-state index contributed by atoms with van der Waals surface area (Å²) in [6, 6.07) is 12.0. The van der Waals surface area contributed by atoms with Gasteiger partial charge in [-0.05, 0) is 110 Å². The van der Waals surface area contributed by atoms with Gasteiger partial charge >= 0.3 is 12.2 Å². The molecule has 2 heterocycles. The zero-order valence-electron chi connectivity index (χ0n) is 29.4. The van der Waals surface area contributed by atoms with E-state index in [1.165, 1.54) is 5.69 Å². The van der Waals surface area contributed by atoms with E-state index < -0.39 is 23.4 Å². The number of likely N-dealkylation sites (N-methyl/N-ethyl adjacent to an activating group) is 1. The number of hydrogen-bond donors (Lipinski definition) is 2. The molecule has 2 saturated heterocycles. The van der Waals surface area contributed by atoms with Gasteiger partial charge in [-0.3, -0.25) is 10.1 Å². The number of aliphatic imine (C=N–C) groups is 1. The number of amides is 3. The predicted octanol–water partition coefficient (Wildman–Crippen LogP) is 5.25. The quantitative estimate of drug-likeness (QED) is 0.338. The maximum absolute atomic E-state index is 13.3. The van der Waals surface area contributed by atoms with Crippen molar-refractivity contribution in [1.29, 1.82) is 0 Å². The lowest BCUT2D eigenvalue weighted by atomic mass is 10.1. The van der Waals surface area contributed by atoms with E-state index in [1.54, 1.807) is 41.5 Å². The summed E-state index contributed by atoms with van der Waals surface area (Å²) in [5.74, 6) is -0.0614. The Morgan fingerprint density at radius 3 is 1.79 bits per heavy atom. The number of alkyl carbamates (subject to hydrolysis) is 1. The molecule has 12 heteroatoms. The molecule has 0 bridgehead atoms. The van der Waals surface area contributed by atoms with Gasteiger partial charge in [-0.2, -0.15) is 0 Å². The summed E-state index contributed by atoms with van der Waals surface area (Å²) in [6.07, 6.45) is -1.50. The van der Waals surface area contributed by atoms with Crippen molar-refractivity contribution in [2.45, 2.75) is 66.6 Å². The molecule has 0 aliphatic carbocycles. The van der Waals surface area contributed by atoms with Crippen LogP contribution in [0.15, 0.2) is 41.4 Å². The average Bonchev–Trinajstić information content (AvgIpc) is 2.96. The van der Waals surface area contributed by atoms with Gasteiger partial charge in [0, 0.05) is 75.0 Å². The summed E-state index contributed by atoms with van der Waals surface area (Å²) >= 11 is 0. The van der Waals surface area contributed by atoms with Crippen molar-refractivity contribution >= 4 is 41.1 Å². The largest absolute Gasteiger partial charge is 0.444 e. The van der Waals surface area contributed by atoms with Crippen molar-refractivity contribution in [3.63, 3.8) is 0 Å². The zero-order valence-corrected chi connectivity index (χ0v) is 29.4. The Kier molecular flexibility index (Phi) is 11.1. The Hall–Kier alpha value is -4.32. The van der Waals surface area contributed by atoms with E-state index in [9.17, 15) is 14.4 Å². The van der Waals surface area contributed by atoms with Crippen LogP contribution in [0.25, 0.3) is 0 Å². The molecule has 0 aromatic heterocycles. The third-order valence-corrected chi connectivity index (χ3v) is 7.93. The Morgan fingerprint density at radius 1 is 0.723 bits per heavy atom. The molecule has 0 spiro atoms. The fourth-order valence-corrected chi connectivity index (χ4v) is 5.46. The number of guanidine groups is 1. The van der Waals surface area contributed by atoms with E-state index in [1.807, 2.05) is 43.0 Å². The minimum Gasteiger partial charge on any atom is -0.444 e. The lowest BCUT2D eigenvalue weighted by Crippen LogP contribution is -2.54. The summed E-state index contributed by atoms with van der Waals surface area (Å²) in [7, 11) is 2.14. The number of aryl methyl sites for hydroxylation is 2. The molecule has 3 amide bonds. The smallest absolute Gasteiger partial charge is 0.437 e. The molecule has 0 atom stereocenters. The Morgan fingerprint density at radius 2 is 1.26 bits per heavy atom. The number of hydrogen-bond acceptors (Lipinski definition) is 8. The fraction of sp³-hybridized carbons (Fsp3) is 0.543. The van der Waals surface area contributed by atoms with Crippen LogP contribution in [0.5, 0.6) is 0 Å². The number of nitrogens with zero attached hydrogens (tertiary/aromatic N) is 5. The van der Waals surface area contributed by atoms with Crippen LogP contribution in [-0.2, 0) is 9.47 Å². The zero-order chi connectivity index (χ0) is 34.5. The summed E-state index contributed by atoms with van der Waals surface area (Å²) in [6.45, 7) is 20.8. The first kappa shape index (κ1) is 35.5. The highest BCUT2D eigenvalue weighted by Gasteiger charge is 2.26. The molecule has 2 N–H and O–H groups in total. The number of benzene rings is 2. The van der Waals surface area contributed by atoms with Crippen LogP contribution >= 0.6 is 0 Å². The van der Waals surface area contributed by atoms with Gasteiger partial charge in [0.2, 0.25) is 5.96 Å². The summed E-state index contributed by atoms with van der Waals surface area (Å²) in [4.78, 5) is 51.2. The molecule has 2 aliphatic heterocycles.